The van der Waals surface area contributed by atoms with E-state index in [1.54, 1.807) is 7.11 Å². The van der Waals surface area contributed by atoms with E-state index in [4.69, 9.17) is 4.74 Å². The van der Waals surface area contributed by atoms with Gasteiger partial charge in [-0.1, -0.05) is 0 Å². The predicted octanol–water partition coefficient (Wildman–Crippen LogP) is 2.12. The summed E-state index contributed by atoms with van der Waals surface area (Å²) in [4.78, 5) is 2.08. The van der Waals surface area contributed by atoms with Crippen molar-refractivity contribution in [2.24, 2.45) is 0 Å². The minimum atomic E-state index is 0.961. The Labute approximate surface area is 91.0 Å². The normalized spacial score (nSPS) is 14.1. The molecule has 0 saturated carbocycles. The third-order valence-corrected chi connectivity index (χ3v) is 2.82. The zero-order valence-corrected chi connectivity index (χ0v) is 9.63. The maximum Gasteiger partial charge on any atom is 0.142 e. The Balaban J connectivity index is 2.46. The summed E-state index contributed by atoms with van der Waals surface area (Å²) in [5, 5.41) is 3.43. The predicted molar refractivity (Wildman–Crippen MR) is 64.1 cm³/mol. The van der Waals surface area contributed by atoms with Crippen molar-refractivity contribution in [3.63, 3.8) is 0 Å². The molecule has 0 fully saturated rings. The minimum absolute atomic E-state index is 0.961. The van der Waals surface area contributed by atoms with Crippen LogP contribution in [-0.4, -0.2) is 27.7 Å². The Kier molecular flexibility index (Phi) is 2.71. The number of anilines is 2. The van der Waals surface area contributed by atoms with Gasteiger partial charge in [-0.15, -0.1) is 0 Å². The molecule has 3 heteroatoms. The average Bonchev–Trinajstić information content (AvgIpc) is 2.27. The second-order valence-corrected chi connectivity index (χ2v) is 4.11. The van der Waals surface area contributed by atoms with Crippen LogP contribution < -0.4 is 15.0 Å². The number of aryl methyl sites for hydroxylation is 1. The fourth-order valence-corrected chi connectivity index (χ4v) is 2.00. The van der Waals surface area contributed by atoms with Crippen molar-refractivity contribution in [3.05, 3.63) is 17.7 Å². The van der Waals surface area contributed by atoms with Gasteiger partial charge < -0.3 is 15.0 Å². The van der Waals surface area contributed by atoms with Gasteiger partial charge in [-0.25, -0.2) is 0 Å². The number of hydrogen-bond donors (Lipinski definition) is 1. The highest BCUT2D eigenvalue weighted by Crippen LogP contribution is 2.35. The van der Waals surface area contributed by atoms with Gasteiger partial charge in [0.1, 0.15) is 5.75 Å². The second-order valence-electron chi connectivity index (χ2n) is 4.11. The van der Waals surface area contributed by atoms with Gasteiger partial charge in [-0.3, -0.25) is 0 Å². The van der Waals surface area contributed by atoms with E-state index in [2.05, 4.69) is 22.3 Å². The molecule has 1 aliphatic heterocycles. The van der Waals surface area contributed by atoms with Crippen LogP contribution in [0.3, 0.4) is 0 Å². The van der Waals surface area contributed by atoms with E-state index in [-0.39, 0.29) is 0 Å². The van der Waals surface area contributed by atoms with Gasteiger partial charge in [0.15, 0.2) is 0 Å². The molecule has 1 aromatic carbocycles. The molecular weight excluding hydrogens is 188 g/mol. The number of ether oxygens (including phenoxy) is 1. The topological polar surface area (TPSA) is 24.5 Å². The van der Waals surface area contributed by atoms with Gasteiger partial charge in [0, 0.05) is 26.3 Å². The number of nitrogens with zero attached hydrogens (tertiary/aromatic N) is 1. The summed E-state index contributed by atoms with van der Waals surface area (Å²) in [6.45, 7) is 1.08. The molecule has 0 unspecified atom stereocenters. The Morgan fingerprint density at radius 2 is 2.13 bits per heavy atom. The third kappa shape index (κ3) is 1.87. The Morgan fingerprint density at radius 1 is 1.33 bits per heavy atom. The van der Waals surface area contributed by atoms with Crippen molar-refractivity contribution in [1.82, 2.24) is 0 Å². The lowest BCUT2D eigenvalue weighted by Crippen LogP contribution is -2.15. The number of methoxy groups -OCH3 is 1. The minimum Gasteiger partial charge on any atom is -0.495 e. The molecule has 0 saturated heterocycles. The standard InChI is InChI=1S/C12H18N2O/c1-14(2)11-8-10-9(5-4-6-13-10)7-12(11)15-3/h7-8,13H,4-6H2,1-3H3. The molecule has 1 heterocycles. The molecule has 82 valence electrons. The molecule has 0 amide bonds. The van der Waals surface area contributed by atoms with E-state index < -0.39 is 0 Å². The molecule has 3 nitrogen and oxygen atoms in total. The van der Waals surface area contributed by atoms with Crippen LogP contribution in [0.5, 0.6) is 5.75 Å². The van der Waals surface area contributed by atoms with E-state index >= 15 is 0 Å². The first-order valence-corrected chi connectivity index (χ1v) is 5.34. The van der Waals surface area contributed by atoms with Gasteiger partial charge >= 0.3 is 0 Å². The van der Waals surface area contributed by atoms with Crippen LogP contribution in [0.1, 0.15) is 12.0 Å². The molecule has 1 N–H and O–H groups in total. The van der Waals surface area contributed by atoms with Crippen molar-refractivity contribution in [2.75, 3.05) is 38.0 Å². The second kappa shape index (κ2) is 4.01. The SMILES string of the molecule is COc1cc2c(cc1N(C)C)NCCC2. The van der Waals surface area contributed by atoms with E-state index in [0.717, 1.165) is 24.4 Å². The first-order chi connectivity index (χ1) is 7.22. The van der Waals surface area contributed by atoms with Crippen LogP contribution >= 0.6 is 0 Å². The molecule has 0 bridgehead atoms. The van der Waals surface area contributed by atoms with Crippen molar-refractivity contribution >= 4 is 11.4 Å². The summed E-state index contributed by atoms with van der Waals surface area (Å²) in [5.74, 6) is 0.961. The average molecular weight is 206 g/mol. The lowest BCUT2D eigenvalue weighted by atomic mass is 10.0. The van der Waals surface area contributed by atoms with Crippen LogP contribution in [0.2, 0.25) is 0 Å². The van der Waals surface area contributed by atoms with E-state index in [1.165, 1.54) is 17.7 Å². The smallest absolute Gasteiger partial charge is 0.142 e. The van der Waals surface area contributed by atoms with Crippen molar-refractivity contribution in [1.29, 1.82) is 0 Å². The molecule has 2 rings (SSSR count). The molecule has 1 aliphatic rings. The highest BCUT2D eigenvalue weighted by atomic mass is 16.5. The van der Waals surface area contributed by atoms with Gasteiger partial charge in [-0.05, 0) is 30.5 Å². The first-order valence-electron chi connectivity index (χ1n) is 5.34. The molecule has 0 atom stereocenters. The van der Waals surface area contributed by atoms with Crippen LogP contribution in [0, 0.1) is 0 Å². The highest BCUT2D eigenvalue weighted by molar-refractivity contribution is 5.69. The van der Waals surface area contributed by atoms with Crippen LogP contribution in [0.25, 0.3) is 0 Å². The molecule has 0 radical (unpaired) electrons. The third-order valence-electron chi connectivity index (χ3n) is 2.82. The fourth-order valence-electron chi connectivity index (χ4n) is 2.00. The number of nitrogens with one attached hydrogen (secondary N) is 1. The number of fused-ring (bicyclic) bond motifs is 1. The summed E-state index contributed by atoms with van der Waals surface area (Å²) in [5.41, 5.74) is 3.75. The van der Waals surface area contributed by atoms with Crippen molar-refractivity contribution < 1.29 is 4.74 Å². The summed E-state index contributed by atoms with van der Waals surface area (Å²) in [7, 11) is 5.80. The molecule has 1 aromatic rings. The monoisotopic (exact) mass is 206 g/mol. The van der Waals surface area contributed by atoms with Crippen molar-refractivity contribution in [3.8, 4) is 5.75 Å². The van der Waals surface area contributed by atoms with Gasteiger partial charge in [0.2, 0.25) is 0 Å². The van der Waals surface area contributed by atoms with Gasteiger partial charge in [-0.2, -0.15) is 0 Å². The fraction of sp³-hybridized carbons (Fsp3) is 0.500. The molecule has 0 aliphatic carbocycles. The largest absolute Gasteiger partial charge is 0.495 e. The van der Waals surface area contributed by atoms with Gasteiger partial charge in [0.05, 0.1) is 12.8 Å². The zero-order valence-electron chi connectivity index (χ0n) is 9.63. The lowest BCUT2D eigenvalue weighted by molar-refractivity contribution is 0.414. The highest BCUT2D eigenvalue weighted by Gasteiger charge is 2.14. The molecule has 0 spiro atoms. The molecule has 15 heavy (non-hydrogen) atoms. The van der Waals surface area contributed by atoms with Crippen molar-refractivity contribution in [2.45, 2.75) is 12.8 Å². The van der Waals surface area contributed by atoms with E-state index in [0.29, 0.717) is 0 Å². The van der Waals surface area contributed by atoms with Crippen LogP contribution in [0.15, 0.2) is 12.1 Å². The van der Waals surface area contributed by atoms with Crippen LogP contribution in [-0.2, 0) is 6.42 Å². The summed E-state index contributed by atoms with van der Waals surface area (Å²) < 4.78 is 5.40. The summed E-state index contributed by atoms with van der Waals surface area (Å²) in [6, 6.07) is 4.32. The van der Waals surface area contributed by atoms with Crippen LogP contribution in [0.4, 0.5) is 11.4 Å². The maximum atomic E-state index is 5.40. The molecular formula is C12H18N2O. The Bertz CT molecular complexity index is 361. The Hall–Kier alpha value is -1.38. The Morgan fingerprint density at radius 3 is 2.80 bits per heavy atom. The quantitative estimate of drug-likeness (QED) is 0.802. The number of benzene rings is 1. The first kappa shape index (κ1) is 10.1. The zero-order chi connectivity index (χ0) is 10.8. The van der Waals surface area contributed by atoms with E-state index in [9.17, 15) is 0 Å². The summed E-state index contributed by atoms with van der Waals surface area (Å²) >= 11 is 0. The van der Waals surface area contributed by atoms with E-state index in [1.807, 2.05) is 14.1 Å². The molecule has 0 aromatic heterocycles. The van der Waals surface area contributed by atoms with Gasteiger partial charge in [0.25, 0.3) is 0 Å². The lowest BCUT2D eigenvalue weighted by Gasteiger charge is -2.23. The maximum absolute atomic E-state index is 5.40. The number of hydrogen-bond acceptors (Lipinski definition) is 3. The number of rotatable bonds is 2. The summed E-state index contributed by atoms with van der Waals surface area (Å²) in [6.07, 6.45) is 2.35.